The fraction of sp³-hybridized carbons (Fsp3) is 0.682. The molecule has 1 unspecified atom stereocenters. The van der Waals surface area contributed by atoms with Crippen LogP contribution in [0.1, 0.15) is 51.5 Å². The smallest absolute Gasteiger partial charge is 0.230 e. The molecule has 4 nitrogen and oxygen atoms in total. The van der Waals surface area contributed by atoms with Crippen LogP contribution in [0.3, 0.4) is 0 Å². The Morgan fingerprint density at radius 1 is 1.19 bits per heavy atom. The van der Waals surface area contributed by atoms with E-state index in [0.29, 0.717) is 18.5 Å². The van der Waals surface area contributed by atoms with E-state index < -0.39 is 5.41 Å². The number of hydrogen-bond donors (Lipinski definition) is 1. The molecule has 0 spiro atoms. The Labute approximate surface area is 162 Å². The molecule has 0 aromatic heterocycles. The summed E-state index contributed by atoms with van der Waals surface area (Å²) in [6, 6.07) is 6.85. The second-order valence-corrected chi connectivity index (χ2v) is 8.44. The van der Waals surface area contributed by atoms with E-state index in [-0.39, 0.29) is 11.7 Å². The molecule has 1 heterocycles. The van der Waals surface area contributed by atoms with Crippen molar-refractivity contribution in [2.75, 3.05) is 32.8 Å². The molecule has 5 heteroatoms. The average molecular weight is 377 g/mol. The molecule has 1 atom stereocenters. The van der Waals surface area contributed by atoms with Gasteiger partial charge in [-0.05, 0) is 42.9 Å². The van der Waals surface area contributed by atoms with Crippen molar-refractivity contribution in [3.8, 4) is 0 Å². The van der Waals surface area contributed by atoms with E-state index in [1.807, 2.05) is 0 Å². The molecule has 3 rings (SSSR count). The third-order valence-electron chi connectivity index (χ3n) is 6.09. The highest BCUT2D eigenvalue weighted by molar-refractivity contribution is 5.88. The maximum absolute atomic E-state index is 13.4. The quantitative estimate of drug-likeness (QED) is 0.792. The standard InChI is InChI=1S/C22H33FN2O2/c1-17(2)15-20(25-11-13-27-14-12-25)16-24-21(26)22(9-3-4-10-22)18-5-7-19(23)8-6-18/h5-8,17,20H,3-4,9-16H2,1-2H3,(H,24,26). The van der Waals surface area contributed by atoms with Gasteiger partial charge in [0.15, 0.2) is 0 Å². The molecule has 150 valence electrons. The molecule has 0 radical (unpaired) electrons. The van der Waals surface area contributed by atoms with Crippen LogP contribution in [-0.2, 0) is 14.9 Å². The summed E-state index contributed by atoms with van der Waals surface area (Å²) < 4.78 is 18.9. The van der Waals surface area contributed by atoms with E-state index >= 15 is 0 Å². The summed E-state index contributed by atoms with van der Waals surface area (Å²) in [5, 5.41) is 3.27. The van der Waals surface area contributed by atoms with E-state index in [1.165, 1.54) is 12.1 Å². The lowest BCUT2D eigenvalue weighted by Gasteiger charge is -2.36. The number of nitrogens with one attached hydrogen (secondary N) is 1. The Kier molecular flexibility index (Phi) is 6.88. The van der Waals surface area contributed by atoms with Crippen molar-refractivity contribution in [3.63, 3.8) is 0 Å². The predicted octanol–water partition coefficient (Wildman–Crippen LogP) is 3.50. The molecule has 1 aliphatic heterocycles. The van der Waals surface area contributed by atoms with Gasteiger partial charge in [-0.2, -0.15) is 0 Å². The minimum atomic E-state index is -0.499. The summed E-state index contributed by atoms with van der Waals surface area (Å²) in [6.07, 6.45) is 4.84. The van der Waals surface area contributed by atoms with Gasteiger partial charge in [-0.1, -0.05) is 38.8 Å². The maximum Gasteiger partial charge on any atom is 0.230 e. The van der Waals surface area contributed by atoms with Gasteiger partial charge in [-0.15, -0.1) is 0 Å². The zero-order valence-corrected chi connectivity index (χ0v) is 16.7. The van der Waals surface area contributed by atoms with E-state index in [1.54, 1.807) is 12.1 Å². The molecule has 1 aromatic carbocycles. The number of nitrogens with zero attached hydrogens (tertiary/aromatic N) is 1. The lowest BCUT2D eigenvalue weighted by molar-refractivity contribution is -0.127. The molecule has 1 aliphatic carbocycles. The zero-order chi connectivity index (χ0) is 19.3. The molecule has 1 saturated carbocycles. The minimum absolute atomic E-state index is 0.105. The van der Waals surface area contributed by atoms with Crippen molar-refractivity contribution in [2.24, 2.45) is 5.92 Å². The normalized spacial score (nSPS) is 21.3. The second-order valence-electron chi connectivity index (χ2n) is 8.44. The van der Waals surface area contributed by atoms with Gasteiger partial charge >= 0.3 is 0 Å². The van der Waals surface area contributed by atoms with Crippen LogP contribution in [0.25, 0.3) is 0 Å². The van der Waals surface area contributed by atoms with Gasteiger partial charge in [-0.3, -0.25) is 9.69 Å². The first kappa shape index (κ1) is 20.3. The summed E-state index contributed by atoms with van der Waals surface area (Å²) in [5.41, 5.74) is 0.451. The highest BCUT2D eigenvalue weighted by Crippen LogP contribution is 2.41. The van der Waals surface area contributed by atoms with Crippen molar-refractivity contribution >= 4 is 5.91 Å². The number of amides is 1. The molecule has 2 fully saturated rings. The van der Waals surface area contributed by atoms with Gasteiger partial charge in [0.1, 0.15) is 5.82 Å². The summed E-state index contributed by atoms with van der Waals surface area (Å²) in [4.78, 5) is 15.7. The number of halogens is 1. The number of hydrogen-bond acceptors (Lipinski definition) is 3. The summed E-state index contributed by atoms with van der Waals surface area (Å²) in [6.45, 7) is 8.51. The number of ether oxygens (including phenoxy) is 1. The largest absolute Gasteiger partial charge is 0.379 e. The molecule has 0 bridgehead atoms. The van der Waals surface area contributed by atoms with Crippen LogP contribution in [0.2, 0.25) is 0 Å². The number of morpholine rings is 1. The molecule has 1 N–H and O–H groups in total. The van der Waals surface area contributed by atoms with E-state index in [9.17, 15) is 9.18 Å². The summed E-state index contributed by atoms with van der Waals surface area (Å²) in [5.74, 6) is 0.428. The first-order chi connectivity index (χ1) is 13.0. The average Bonchev–Trinajstić information content (AvgIpc) is 3.17. The van der Waals surface area contributed by atoms with E-state index in [0.717, 1.165) is 64.0 Å². The Morgan fingerprint density at radius 3 is 2.41 bits per heavy atom. The van der Waals surface area contributed by atoms with Gasteiger partial charge in [0, 0.05) is 25.7 Å². The van der Waals surface area contributed by atoms with Crippen LogP contribution in [0, 0.1) is 11.7 Å². The Bertz CT molecular complexity index is 605. The Balaban J connectivity index is 1.69. The number of rotatable bonds is 7. The van der Waals surface area contributed by atoms with Crippen LogP contribution in [-0.4, -0.2) is 49.7 Å². The van der Waals surface area contributed by atoms with Gasteiger partial charge in [0.25, 0.3) is 0 Å². The maximum atomic E-state index is 13.4. The fourth-order valence-electron chi connectivity index (χ4n) is 4.62. The first-order valence-electron chi connectivity index (χ1n) is 10.4. The Morgan fingerprint density at radius 2 is 1.81 bits per heavy atom. The molecular weight excluding hydrogens is 343 g/mol. The van der Waals surface area contributed by atoms with E-state index in [2.05, 4.69) is 24.1 Å². The molecule has 27 heavy (non-hydrogen) atoms. The second kappa shape index (κ2) is 9.16. The highest BCUT2D eigenvalue weighted by Gasteiger charge is 2.42. The Hall–Kier alpha value is -1.46. The molecule has 2 aliphatic rings. The lowest BCUT2D eigenvalue weighted by Crippen LogP contribution is -2.52. The number of carbonyl (C=O) groups excluding carboxylic acids is 1. The van der Waals surface area contributed by atoms with Crippen LogP contribution < -0.4 is 5.32 Å². The minimum Gasteiger partial charge on any atom is -0.379 e. The SMILES string of the molecule is CC(C)CC(CNC(=O)C1(c2ccc(F)cc2)CCCC1)N1CCOCC1. The molecular formula is C22H33FN2O2. The summed E-state index contributed by atoms with van der Waals surface area (Å²) in [7, 11) is 0. The first-order valence-corrected chi connectivity index (χ1v) is 10.4. The fourth-order valence-corrected chi connectivity index (χ4v) is 4.62. The zero-order valence-electron chi connectivity index (χ0n) is 16.7. The van der Waals surface area contributed by atoms with Crippen LogP contribution in [0.5, 0.6) is 0 Å². The monoisotopic (exact) mass is 376 g/mol. The third-order valence-corrected chi connectivity index (χ3v) is 6.09. The lowest BCUT2D eigenvalue weighted by atomic mass is 9.78. The summed E-state index contributed by atoms with van der Waals surface area (Å²) >= 11 is 0. The van der Waals surface area contributed by atoms with Gasteiger partial charge < -0.3 is 10.1 Å². The van der Waals surface area contributed by atoms with Crippen LogP contribution in [0.4, 0.5) is 4.39 Å². The highest BCUT2D eigenvalue weighted by atomic mass is 19.1. The molecule has 1 saturated heterocycles. The topological polar surface area (TPSA) is 41.6 Å². The molecule has 1 aromatic rings. The van der Waals surface area contributed by atoms with Gasteiger partial charge in [0.05, 0.1) is 18.6 Å². The van der Waals surface area contributed by atoms with Gasteiger partial charge in [-0.25, -0.2) is 4.39 Å². The number of carbonyl (C=O) groups is 1. The van der Waals surface area contributed by atoms with Crippen LogP contribution >= 0.6 is 0 Å². The van der Waals surface area contributed by atoms with Crippen molar-refractivity contribution < 1.29 is 13.9 Å². The third kappa shape index (κ3) is 4.88. The van der Waals surface area contributed by atoms with E-state index in [4.69, 9.17) is 4.74 Å². The predicted molar refractivity (Wildman–Crippen MR) is 105 cm³/mol. The van der Waals surface area contributed by atoms with Crippen molar-refractivity contribution in [3.05, 3.63) is 35.6 Å². The van der Waals surface area contributed by atoms with Crippen LogP contribution in [0.15, 0.2) is 24.3 Å². The van der Waals surface area contributed by atoms with Gasteiger partial charge in [0.2, 0.25) is 5.91 Å². The number of benzene rings is 1. The van der Waals surface area contributed by atoms with Crippen molar-refractivity contribution in [1.82, 2.24) is 10.2 Å². The van der Waals surface area contributed by atoms with Crippen molar-refractivity contribution in [2.45, 2.75) is 57.4 Å². The van der Waals surface area contributed by atoms with Crippen molar-refractivity contribution in [1.29, 1.82) is 0 Å². The molecule has 1 amide bonds.